The van der Waals surface area contributed by atoms with Crippen molar-refractivity contribution in [3.05, 3.63) is 63.9 Å². The van der Waals surface area contributed by atoms with Crippen LogP contribution in [0.3, 0.4) is 0 Å². The highest BCUT2D eigenvalue weighted by Gasteiger charge is 2.32. The maximum atomic E-state index is 13.5. The van der Waals surface area contributed by atoms with Crippen molar-refractivity contribution in [3.63, 3.8) is 0 Å². The van der Waals surface area contributed by atoms with Gasteiger partial charge in [0.15, 0.2) is 0 Å². The quantitative estimate of drug-likeness (QED) is 0.383. The van der Waals surface area contributed by atoms with Gasteiger partial charge in [-0.05, 0) is 88.7 Å². The molecule has 2 aliphatic heterocycles. The second-order valence-electron chi connectivity index (χ2n) is 11.2. The number of hydrogen-bond donors (Lipinski definition) is 2. The molecule has 0 saturated carbocycles. The van der Waals surface area contributed by atoms with E-state index in [2.05, 4.69) is 34.2 Å². The number of hydrogen-bond acceptors (Lipinski definition) is 6. The predicted octanol–water partition coefficient (Wildman–Crippen LogP) is 3.83. The molecular weight excluding hydrogens is 528 g/mol. The van der Waals surface area contributed by atoms with Crippen LogP contribution in [0.2, 0.25) is 5.02 Å². The van der Waals surface area contributed by atoms with Crippen molar-refractivity contribution >= 4 is 40.7 Å². The molecule has 2 amide bonds. The minimum atomic E-state index is -0.543. The van der Waals surface area contributed by atoms with Crippen molar-refractivity contribution < 1.29 is 14.4 Å². The molecule has 2 N–H and O–H groups in total. The first kappa shape index (κ1) is 28.3. The van der Waals surface area contributed by atoms with Gasteiger partial charge in [-0.25, -0.2) is 4.98 Å². The summed E-state index contributed by atoms with van der Waals surface area (Å²) in [6.07, 6.45) is 4.37. The summed E-state index contributed by atoms with van der Waals surface area (Å²) in [7, 11) is 4.11. The van der Waals surface area contributed by atoms with E-state index in [1.165, 1.54) is 0 Å². The van der Waals surface area contributed by atoms with Crippen LogP contribution in [0.15, 0.2) is 36.4 Å². The Bertz CT molecular complexity index is 1400. The molecule has 10 heteroatoms. The number of H-pyrrole nitrogens is 1. The lowest BCUT2D eigenvalue weighted by atomic mass is 10.0. The molecule has 3 aromatic rings. The fourth-order valence-corrected chi connectivity index (χ4v) is 5.98. The number of aldehydes is 1. The molecule has 3 atom stereocenters. The highest BCUT2D eigenvalue weighted by molar-refractivity contribution is 6.31. The molecule has 2 aliphatic rings. The Balaban J connectivity index is 1.39. The number of aromatic nitrogens is 2. The molecule has 2 saturated heterocycles. The normalized spacial score (nSPS) is 19.3. The van der Waals surface area contributed by atoms with Crippen LogP contribution >= 0.6 is 11.6 Å². The Labute approximate surface area is 239 Å². The van der Waals surface area contributed by atoms with Crippen LogP contribution in [0.1, 0.15) is 63.8 Å². The molecule has 0 aliphatic carbocycles. The monoisotopic (exact) mass is 564 g/mol. The van der Waals surface area contributed by atoms with Gasteiger partial charge in [0.05, 0.1) is 23.1 Å². The number of aromatic amines is 1. The van der Waals surface area contributed by atoms with Gasteiger partial charge in [0.2, 0.25) is 0 Å². The number of carbonyl (C=O) groups is 3. The summed E-state index contributed by atoms with van der Waals surface area (Å²) >= 11 is 6.19. The summed E-state index contributed by atoms with van der Waals surface area (Å²) in [4.78, 5) is 53.1. The maximum Gasteiger partial charge on any atom is 0.254 e. The number of nitrogens with one attached hydrogen (secondary N) is 2. The van der Waals surface area contributed by atoms with Crippen LogP contribution in [-0.2, 0) is 4.79 Å². The van der Waals surface area contributed by atoms with E-state index < -0.39 is 6.04 Å². The molecule has 0 bridgehead atoms. The molecule has 2 aromatic carbocycles. The average molecular weight is 565 g/mol. The number of nitrogens with zero attached hydrogens (tertiary/aromatic N) is 4. The maximum absolute atomic E-state index is 13.5. The lowest BCUT2D eigenvalue weighted by molar-refractivity contribution is -0.112. The van der Waals surface area contributed by atoms with Gasteiger partial charge in [-0.3, -0.25) is 14.5 Å². The van der Waals surface area contributed by atoms with E-state index in [4.69, 9.17) is 16.6 Å². The second kappa shape index (κ2) is 12.1. The van der Waals surface area contributed by atoms with E-state index >= 15 is 0 Å². The Morgan fingerprint density at radius 2 is 1.95 bits per heavy atom. The molecule has 2 fully saturated rings. The summed E-state index contributed by atoms with van der Waals surface area (Å²) in [6.45, 7) is 5.01. The molecule has 212 valence electrons. The number of imidazole rings is 1. The molecule has 0 spiro atoms. The van der Waals surface area contributed by atoms with E-state index in [9.17, 15) is 14.4 Å². The summed E-state index contributed by atoms with van der Waals surface area (Å²) in [5, 5.41) is 3.70. The van der Waals surface area contributed by atoms with Crippen molar-refractivity contribution in [2.75, 3.05) is 40.3 Å². The van der Waals surface area contributed by atoms with Crippen molar-refractivity contribution in [3.8, 4) is 0 Å². The van der Waals surface area contributed by atoms with Crippen LogP contribution in [0.4, 0.5) is 0 Å². The first-order valence-electron chi connectivity index (χ1n) is 13.9. The molecule has 9 nitrogen and oxygen atoms in total. The lowest BCUT2D eigenvalue weighted by Crippen LogP contribution is -2.41. The van der Waals surface area contributed by atoms with Gasteiger partial charge in [-0.2, -0.15) is 0 Å². The SMILES string of the molecule is Cc1cc(C(=O)N[C@@H](CC(C=O)N2CCC(N(C)C)C2)c2nc3ccc(Cl)cc3[nH]2)ccc1C(=O)N1CCCC1. The van der Waals surface area contributed by atoms with Crippen LogP contribution in [-0.4, -0.2) is 95.1 Å². The van der Waals surface area contributed by atoms with E-state index in [1.807, 2.05) is 17.9 Å². The van der Waals surface area contributed by atoms with Gasteiger partial charge >= 0.3 is 0 Å². The number of likely N-dealkylation sites (N-methyl/N-ethyl adjacent to an activating group) is 1. The van der Waals surface area contributed by atoms with Gasteiger partial charge in [-0.15, -0.1) is 0 Å². The highest BCUT2D eigenvalue weighted by atomic mass is 35.5. The lowest BCUT2D eigenvalue weighted by Gasteiger charge is -2.28. The van der Waals surface area contributed by atoms with Gasteiger partial charge in [0.1, 0.15) is 12.1 Å². The van der Waals surface area contributed by atoms with Gasteiger partial charge in [-0.1, -0.05) is 11.6 Å². The summed E-state index contributed by atoms with van der Waals surface area (Å²) in [6, 6.07) is 10.0. The number of carbonyl (C=O) groups excluding carboxylic acids is 3. The van der Waals surface area contributed by atoms with E-state index in [1.54, 1.807) is 30.3 Å². The van der Waals surface area contributed by atoms with E-state index in [-0.39, 0.29) is 17.9 Å². The number of rotatable bonds is 9. The van der Waals surface area contributed by atoms with E-state index in [0.717, 1.165) is 68.3 Å². The largest absolute Gasteiger partial charge is 0.342 e. The number of aryl methyl sites for hydroxylation is 1. The third-order valence-electron chi connectivity index (χ3n) is 8.24. The van der Waals surface area contributed by atoms with Gasteiger partial charge in [0, 0.05) is 48.4 Å². The number of benzene rings is 2. The number of fused-ring (bicyclic) bond motifs is 1. The minimum Gasteiger partial charge on any atom is -0.342 e. The van der Waals surface area contributed by atoms with Gasteiger partial charge in [0.25, 0.3) is 11.8 Å². The van der Waals surface area contributed by atoms with Crippen LogP contribution in [0, 0.1) is 6.92 Å². The molecule has 2 unspecified atom stereocenters. The Morgan fingerprint density at radius 3 is 2.62 bits per heavy atom. The number of amides is 2. The summed E-state index contributed by atoms with van der Waals surface area (Å²) < 4.78 is 0. The Morgan fingerprint density at radius 1 is 1.18 bits per heavy atom. The van der Waals surface area contributed by atoms with Crippen LogP contribution in [0.25, 0.3) is 11.0 Å². The first-order chi connectivity index (χ1) is 19.2. The fourth-order valence-electron chi connectivity index (χ4n) is 5.81. The third-order valence-corrected chi connectivity index (χ3v) is 8.47. The molecular formula is C30H37ClN6O3. The molecule has 5 rings (SSSR count). The molecule has 0 radical (unpaired) electrons. The second-order valence-corrected chi connectivity index (χ2v) is 11.6. The molecule has 1 aromatic heterocycles. The smallest absolute Gasteiger partial charge is 0.254 e. The number of likely N-dealkylation sites (tertiary alicyclic amines) is 2. The summed E-state index contributed by atoms with van der Waals surface area (Å²) in [5.41, 5.74) is 3.33. The molecule has 40 heavy (non-hydrogen) atoms. The standard InChI is InChI=1S/C30H37ClN6O3/c1-19-14-20(6-8-24(19)30(40)36-11-4-5-12-36)29(39)34-27(28-32-25-9-7-21(31)15-26(25)33-28)16-23(18-38)37-13-10-22(17-37)35(2)3/h6-9,14-15,18,22-23,27H,4-5,10-13,16-17H2,1-3H3,(H,32,33)(H,34,39)/t22?,23?,27-/m0/s1. The first-order valence-corrected chi connectivity index (χ1v) is 14.3. The zero-order valence-electron chi connectivity index (χ0n) is 23.3. The fraction of sp³-hybridized carbons (Fsp3) is 0.467. The third kappa shape index (κ3) is 6.06. The minimum absolute atomic E-state index is 0.0104. The zero-order chi connectivity index (χ0) is 28.4. The number of halogens is 1. The van der Waals surface area contributed by atoms with Crippen LogP contribution in [0.5, 0.6) is 0 Å². The van der Waals surface area contributed by atoms with Crippen molar-refractivity contribution in [1.29, 1.82) is 0 Å². The Kier molecular flexibility index (Phi) is 8.54. The predicted molar refractivity (Wildman–Crippen MR) is 156 cm³/mol. The Hall–Kier alpha value is -3.27. The van der Waals surface area contributed by atoms with E-state index in [0.29, 0.717) is 34.4 Å². The van der Waals surface area contributed by atoms with Crippen LogP contribution < -0.4 is 5.32 Å². The highest BCUT2D eigenvalue weighted by Crippen LogP contribution is 2.26. The van der Waals surface area contributed by atoms with Crippen molar-refractivity contribution in [2.45, 2.75) is 50.7 Å². The average Bonchev–Trinajstić information content (AvgIpc) is 3.71. The molecule has 3 heterocycles. The van der Waals surface area contributed by atoms with Crippen molar-refractivity contribution in [2.24, 2.45) is 0 Å². The summed E-state index contributed by atoms with van der Waals surface area (Å²) in [5.74, 6) is 0.290. The zero-order valence-corrected chi connectivity index (χ0v) is 24.1. The topological polar surface area (TPSA) is 102 Å². The van der Waals surface area contributed by atoms with Gasteiger partial charge < -0.3 is 24.9 Å². The van der Waals surface area contributed by atoms with Crippen molar-refractivity contribution in [1.82, 2.24) is 30.0 Å².